The Morgan fingerprint density at radius 2 is 0.462 bits per heavy atom. The predicted molar refractivity (Wildman–Crippen MR) is 292 cm³/mol. The highest BCUT2D eigenvalue weighted by atomic mass is 16.5. The maximum atomic E-state index is 6.57. The Kier molecular flexibility index (Phi) is 48.9. The molecule has 0 heterocycles. The van der Waals surface area contributed by atoms with Crippen molar-refractivity contribution in [3.63, 3.8) is 0 Å². The van der Waals surface area contributed by atoms with Gasteiger partial charge in [0.25, 0.3) is 0 Å². The Labute approximate surface area is 409 Å². The molecule has 0 spiro atoms. The maximum absolute atomic E-state index is 6.57. The molecule has 0 saturated carbocycles. The summed E-state index contributed by atoms with van der Waals surface area (Å²) in [5.74, 6) is 2.48. The van der Waals surface area contributed by atoms with Crippen LogP contribution >= 0.6 is 0 Å². The summed E-state index contributed by atoms with van der Waals surface area (Å²) in [7, 11) is 0. The molecule has 1 aromatic carbocycles. The van der Waals surface area contributed by atoms with Crippen LogP contribution in [0.15, 0.2) is 18.7 Å². The molecular weight excluding hydrogens is 793 g/mol. The van der Waals surface area contributed by atoms with Crippen LogP contribution in [0.2, 0.25) is 0 Å². The summed E-state index contributed by atoms with van der Waals surface area (Å²) in [5.41, 5.74) is 1.05. The van der Waals surface area contributed by atoms with Crippen LogP contribution in [0.5, 0.6) is 17.2 Å². The van der Waals surface area contributed by atoms with E-state index in [0.717, 1.165) is 61.9 Å². The van der Waals surface area contributed by atoms with E-state index in [2.05, 4.69) is 39.5 Å². The molecule has 0 radical (unpaired) electrons. The topological polar surface area (TPSA) is 27.7 Å². The van der Waals surface area contributed by atoms with Gasteiger partial charge in [0.1, 0.15) is 0 Å². The van der Waals surface area contributed by atoms with Crippen LogP contribution < -0.4 is 14.2 Å². The zero-order chi connectivity index (χ0) is 46.6. The van der Waals surface area contributed by atoms with E-state index in [0.29, 0.717) is 0 Å². The number of unbranched alkanes of at least 4 members (excludes halogenated alkanes) is 45. The van der Waals surface area contributed by atoms with Crippen molar-refractivity contribution in [2.45, 2.75) is 329 Å². The van der Waals surface area contributed by atoms with Gasteiger partial charge in [0, 0.05) is 0 Å². The second-order valence-electron chi connectivity index (χ2n) is 20.5. The summed E-state index contributed by atoms with van der Waals surface area (Å²) in [6.07, 6.45) is 68.1. The number of hydrogen-bond donors (Lipinski definition) is 0. The minimum Gasteiger partial charge on any atom is -0.490 e. The molecule has 0 atom stereocenters. The van der Waals surface area contributed by atoms with E-state index >= 15 is 0 Å². The lowest BCUT2D eigenvalue weighted by Gasteiger charge is -2.18. The molecule has 1 aromatic rings. The van der Waals surface area contributed by atoms with Crippen molar-refractivity contribution in [2.75, 3.05) is 19.8 Å². The molecule has 3 heteroatoms. The summed E-state index contributed by atoms with van der Waals surface area (Å²) >= 11 is 0. The fourth-order valence-corrected chi connectivity index (χ4v) is 9.56. The van der Waals surface area contributed by atoms with Crippen molar-refractivity contribution >= 4 is 6.08 Å². The summed E-state index contributed by atoms with van der Waals surface area (Å²) in [5, 5.41) is 0. The van der Waals surface area contributed by atoms with Crippen LogP contribution in [-0.2, 0) is 0 Å². The van der Waals surface area contributed by atoms with Crippen LogP contribution in [0.1, 0.15) is 335 Å². The molecule has 0 aliphatic heterocycles. The van der Waals surface area contributed by atoms with E-state index in [4.69, 9.17) is 14.2 Å². The normalized spacial score (nSPS) is 11.4. The lowest BCUT2D eigenvalue weighted by molar-refractivity contribution is 0.234. The van der Waals surface area contributed by atoms with E-state index in [9.17, 15) is 0 Å². The average molecular weight is 910 g/mol. The summed E-state index contributed by atoms with van der Waals surface area (Å²) in [6.45, 7) is 13.2. The van der Waals surface area contributed by atoms with Crippen LogP contribution in [0.4, 0.5) is 0 Å². The molecular formula is C62H116O3. The van der Waals surface area contributed by atoms with Gasteiger partial charge in [-0.25, -0.2) is 0 Å². The summed E-state index contributed by atoms with van der Waals surface area (Å²) in [6, 6.07) is 4.23. The molecule has 382 valence electrons. The van der Waals surface area contributed by atoms with E-state index in [1.165, 1.54) is 289 Å². The number of benzene rings is 1. The van der Waals surface area contributed by atoms with Gasteiger partial charge in [-0.3, -0.25) is 0 Å². The van der Waals surface area contributed by atoms with Crippen LogP contribution in [0.3, 0.4) is 0 Å². The first-order valence-electron chi connectivity index (χ1n) is 30.0. The monoisotopic (exact) mass is 909 g/mol. The van der Waals surface area contributed by atoms with Crippen molar-refractivity contribution in [1.29, 1.82) is 0 Å². The largest absolute Gasteiger partial charge is 0.490 e. The van der Waals surface area contributed by atoms with Crippen molar-refractivity contribution in [3.05, 3.63) is 24.3 Å². The Balaban J connectivity index is 2.41. The van der Waals surface area contributed by atoms with Crippen LogP contribution in [0.25, 0.3) is 6.08 Å². The molecule has 0 unspecified atom stereocenters. The molecule has 0 aromatic heterocycles. The van der Waals surface area contributed by atoms with Gasteiger partial charge in [0.05, 0.1) is 19.8 Å². The van der Waals surface area contributed by atoms with Crippen molar-refractivity contribution in [1.82, 2.24) is 0 Å². The fraction of sp³-hybridized carbons (Fsp3) is 0.871. The second-order valence-corrected chi connectivity index (χ2v) is 20.5. The Bertz CT molecular complexity index is 1020. The van der Waals surface area contributed by atoms with Gasteiger partial charge in [-0.2, -0.15) is 0 Å². The molecule has 1 rings (SSSR count). The molecule has 0 N–H and O–H groups in total. The highest BCUT2D eigenvalue weighted by Crippen LogP contribution is 2.40. The lowest BCUT2D eigenvalue weighted by Crippen LogP contribution is -2.06. The molecule has 0 fully saturated rings. The van der Waals surface area contributed by atoms with Gasteiger partial charge >= 0.3 is 0 Å². The van der Waals surface area contributed by atoms with Gasteiger partial charge in [0.2, 0.25) is 5.75 Å². The SMILES string of the molecule is C=Cc1cc(OCCCCCCCCCCCCCCCCCC)c(OCCCCCCCCCCCCCCCCCC)c(OCCCCCCCCCCCCCCCCCC)c1. The van der Waals surface area contributed by atoms with Crippen LogP contribution in [-0.4, -0.2) is 19.8 Å². The molecule has 3 nitrogen and oxygen atoms in total. The van der Waals surface area contributed by atoms with Gasteiger partial charge < -0.3 is 14.2 Å². The molecule has 0 aliphatic rings. The quantitative estimate of drug-likeness (QED) is 0.0610. The number of hydrogen-bond acceptors (Lipinski definition) is 3. The molecule has 0 aliphatic carbocycles. The van der Waals surface area contributed by atoms with Crippen LogP contribution in [0, 0.1) is 0 Å². The number of ether oxygens (including phenoxy) is 3. The minimum absolute atomic E-state index is 0.719. The maximum Gasteiger partial charge on any atom is 0.203 e. The van der Waals surface area contributed by atoms with E-state index in [-0.39, 0.29) is 0 Å². The first-order chi connectivity index (χ1) is 32.3. The first-order valence-corrected chi connectivity index (χ1v) is 30.0. The third-order valence-corrected chi connectivity index (χ3v) is 14.0. The molecule has 0 saturated heterocycles. The summed E-state index contributed by atoms with van der Waals surface area (Å²) < 4.78 is 19.6. The molecule has 0 bridgehead atoms. The van der Waals surface area contributed by atoms with Crippen molar-refractivity contribution in [3.8, 4) is 17.2 Å². The zero-order valence-corrected chi connectivity index (χ0v) is 44.7. The van der Waals surface area contributed by atoms with Gasteiger partial charge in [-0.1, -0.05) is 322 Å². The van der Waals surface area contributed by atoms with E-state index in [1.807, 2.05) is 6.08 Å². The highest BCUT2D eigenvalue weighted by molar-refractivity contribution is 5.61. The zero-order valence-electron chi connectivity index (χ0n) is 44.7. The minimum atomic E-state index is 0.719. The van der Waals surface area contributed by atoms with Crippen molar-refractivity contribution < 1.29 is 14.2 Å². The third kappa shape index (κ3) is 42.2. The fourth-order valence-electron chi connectivity index (χ4n) is 9.56. The van der Waals surface area contributed by atoms with Gasteiger partial charge in [0.15, 0.2) is 11.5 Å². The lowest BCUT2D eigenvalue weighted by atomic mass is 10.0. The standard InChI is InChI=1S/C62H116O3/c1-5-9-12-15-18-21-24-27-30-33-36-39-42-45-48-51-54-63-60-57-59(8-4)58-61(64-55-52-49-46-43-40-37-34-31-28-25-22-19-16-13-10-6-2)62(60)65-56-53-50-47-44-41-38-35-32-29-26-23-20-17-14-11-7-3/h8,57-58H,4-7,9-56H2,1-3H3. The second kappa shape index (κ2) is 51.7. The molecule has 65 heavy (non-hydrogen) atoms. The van der Waals surface area contributed by atoms with Crippen molar-refractivity contribution in [2.24, 2.45) is 0 Å². The van der Waals surface area contributed by atoms with Gasteiger partial charge in [-0.15, -0.1) is 0 Å². The molecule has 0 amide bonds. The highest BCUT2D eigenvalue weighted by Gasteiger charge is 2.15. The summed E-state index contributed by atoms with van der Waals surface area (Å²) in [4.78, 5) is 0. The van der Waals surface area contributed by atoms with Gasteiger partial charge in [-0.05, 0) is 37.0 Å². The Morgan fingerprint density at radius 1 is 0.277 bits per heavy atom. The third-order valence-electron chi connectivity index (χ3n) is 14.0. The Hall–Kier alpha value is -1.64. The Morgan fingerprint density at radius 3 is 0.662 bits per heavy atom. The number of rotatable bonds is 55. The van der Waals surface area contributed by atoms with E-state index in [1.54, 1.807) is 0 Å². The predicted octanol–water partition coefficient (Wildman–Crippen LogP) is 22.3. The average Bonchev–Trinajstić information content (AvgIpc) is 3.32. The smallest absolute Gasteiger partial charge is 0.203 e. The first kappa shape index (κ1) is 61.4. The van der Waals surface area contributed by atoms with E-state index < -0.39 is 0 Å².